The number of benzene rings is 2. The van der Waals surface area contributed by atoms with Gasteiger partial charge in [0.05, 0.1) is 25.3 Å². The molecule has 3 amide bonds. The van der Waals surface area contributed by atoms with Crippen LogP contribution in [0.2, 0.25) is 0 Å². The number of carbonyl (C=O) groups excluding carboxylic acids is 4. The van der Waals surface area contributed by atoms with E-state index in [4.69, 9.17) is 18.9 Å². The molecule has 48 heavy (non-hydrogen) atoms. The Morgan fingerprint density at radius 3 is 1.71 bits per heavy atom. The normalized spacial score (nSPS) is 12.4. The fraction of sp³-hybridized carbons (Fsp3) is 0.556. The van der Waals surface area contributed by atoms with Crippen LogP contribution >= 0.6 is 21.8 Å². The smallest absolute Gasteiger partial charge is 0.417 e. The molecular weight excluding hydrogens is 653 g/mol. The van der Waals surface area contributed by atoms with E-state index < -0.39 is 41.1 Å². The van der Waals surface area contributed by atoms with Crippen molar-refractivity contribution < 1.29 is 38.1 Å². The zero-order valence-corrected chi connectivity index (χ0v) is 32.0. The van der Waals surface area contributed by atoms with E-state index in [0.717, 1.165) is 20.8 Å². The van der Waals surface area contributed by atoms with Crippen LogP contribution < -0.4 is 9.47 Å². The van der Waals surface area contributed by atoms with E-state index in [1.54, 1.807) is 41.5 Å². The minimum Gasteiger partial charge on any atom is -0.496 e. The summed E-state index contributed by atoms with van der Waals surface area (Å²) in [6.07, 6.45) is -0.0868. The first-order valence-electron chi connectivity index (χ1n) is 16.1. The summed E-state index contributed by atoms with van der Waals surface area (Å²) in [5.74, 6) is -1.79. The number of imide groups is 1. The maximum atomic E-state index is 15.0. The molecule has 0 spiro atoms. The van der Waals surface area contributed by atoms with Gasteiger partial charge in [-0.05, 0) is 101 Å². The third-order valence-electron chi connectivity index (χ3n) is 6.60. The Morgan fingerprint density at radius 2 is 1.25 bits per heavy atom. The van der Waals surface area contributed by atoms with Crippen molar-refractivity contribution >= 4 is 45.7 Å². The van der Waals surface area contributed by atoms with Gasteiger partial charge in [-0.1, -0.05) is 45.9 Å². The summed E-state index contributed by atoms with van der Waals surface area (Å²) in [5.41, 5.74) is -2.04. The Labute approximate surface area is 294 Å². The first-order chi connectivity index (χ1) is 22.3. The molecule has 2 rings (SSSR count). The minimum absolute atomic E-state index is 0.00727. The van der Waals surface area contributed by atoms with Crippen molar-refractivity contribution in [2.24, 2.45) is 11.8 Å². The maximum Gasteiger partial charge on any atom is 0.417 e. The van der Waals surface area contributed by atoms with E-state index in [-0.39, 0.29) is 47.4 Å². The predicted octanol–water partition coefficient (Wildman–Crippen LogP) is 8.68. The maximum absolute atomic E-state index is 15.0. The number of nitrogens with zero attached hydrogens (tertiary/aromatic N) is 2. The molecule has 10 nitrogen and oxygen atoms in total. The highest BCUT2D eigenvalue weighted by atomic mass is 33.1. The molecule has 0 bridgehead atoms. The first kappa shape index (κ1) is 40.8. The molecule has 0 aromatic heterocycles. The number of methoxy groups -OCH3 is 2. The van der Waals surface area contributed by atoms with E-state index in [2.05, 4.69) is 0 Å². The van der Waals surface area contributed by atoms with Crippen molar-refractivity contribution in [3.05, 3.63) is 53.6 Å². The van der Waals surface area contributed by atoms with Crippen molar-refractivity contribution in [3.8, 4) is 11.5 Å². The van der Waals surface area contributed by atoms with Crippen LogP contribution in [0.25, 0.3) is 0 Å². The molecule has 0 aliphatic carbocycles. The van der Waals surface area contributed by atoms with Gasteiger partial charge in [0.15, 0.2) is 0 Å². The number of ether oxygens (including phenoxy) is 4. The van der Waals surface area contributed by atoms with E-state index in [9.17, 15) is 19.2 Å². The zero-order chi connectivity index (χ0) is 36.4. The van der Waals surface area contributed by atoms with Gasteiger partial charge in [-0.25, -0.2) is 14.5 Å². The van der Waals surface area contributed by atoms with Crippen LogP contribution in [0.5, 0.6) is 11.5 Å². The molecule has 0 fully saturated rings. The lowest BCUT2D eigenvalue weighted by molar-refractivity contribution is -0.159. The molecule has 1 unspecified atom stereocenters. The van der Waals surface area contributed by atoms with Gasteiger partial charge in [-0.15, -0.1) is 0 Å². The molecule has 0 saturated heterocycles. The Balaban J connectivity index is 2.86. The Morgan fingerprint density at radius 1 is 0.729 bits per heavy atom. The second-order valence-electron chi connectivity index (χ2n) is 14.1. The number of amides is 3. The molecular formula is C36H52N2O8S2. The monoisotopic (exact) mass is 704 g/mol. The van der Waals surface area contributed by atoms with Crippen LogP contribution in [-0.4, -0.2) is 71.1 Å². The highest BCUT2D eigenvalue weighted by Crippen LogP contribution is 2.41. The molecule has 0 saturated carbocycles. The summed E-state index contributed by atoms with van der Waals surface area (Å²) in [7, 11) is 5.10. The van der Waals surface area contributed by atoms with Crippen molar-refractivity contribution in [1.29, 1.82) is 0 Å². The predicted molar refractivity (Wildman–Crippen MR) is 191 cm³/mol. The zero-order valence-electron chi connectivity index (χ0n) is 30.4. The van der Waals surface area contributed by atoms with Crippen molar-refractivity contribution in [1.82, 2.24) is 9.21 Å². The summed E-state index contributed by atoms with van der Waals surface area (Å²) >= 11 is 0. The SMILES string of the molecule is COc1ccc(OC)c(C(=O)N(SSc2ccccc2)C(CC(C)C)C(=O)OC(C)(C)C)c1C(=O)N(CCC(C)C)C(=O)OC(C)(C)C. The lowest BCUT2D eigenvalue weighted by Crippen LogP contribution is -2.46. The van der Waals surface area contributed by atoms with Crippen molar-refractivity contribution in [2.75, 3.05) is 20.8 Å². The highest BCUT2D eigenvalue weighted by Gasteiger charge is 2.41. The summed E-state index contributed by atoms with van der Waals surface area (Å²) < 4.78 is 24.1. The molecule has 2 aromatic rings. The van der Waals surface area contributed by atoms with Crippen LogP contribution in [0.1, 0.15) is 103 Å². The Kier molecular flexibility index (Phi) is 15.2. The Hall–Kier alpha value is -3.38. The van der Waals surface area contributed by atoms with Crippen molar-refractivity contribution in [3.63, 3.8) is 0 Å². The first-order valence-corrected chi connectivity index (χ1v) is 18.2. The fourth-order valence-electron chi connectivity index (χ4n) is 4.45. The summed E-state index contributed by atoms with van der Waals surface area (Å²) in [6, 6.07) is 11.4. The summed E-state index contributed by atoms with van der Waals surface area (Å²) in [5, 5.41) is 0. The molecule has 0 N–H and O–H groups in total. The second-order valence-corrected chi connectivity index (χ2v) is 16.2. The van der Waals surface area contributed by atoms with Crippen LogP contribution in [0.4, 0.5) is 4.79 Å². The van der Waals surface area contributed by atoms with Gasteiger partial charge in [-0.3, -0.25) is 13.9 Å². The quantitative estimate of drug-likeness (QED) is 0.108. The number of hydrogen-bond donors (Lipinski definition) is 0. The molecule has 266 valence electrons. The number of carbonyl (C=O) groups is 4. The van der Waals surface area contributed by atoms with E-state index in [1.807, 2.05) is 58.0 Å². The van der Waals surface area contributed by atoms with Gasteiger partial charge >= 0.3 is 12.1 Å². The molecule has 1 atom stereocenters. The summed E-state index contributed by atoms with van der Waals surface area (Å²) in [6.45, 7) is 18.3. The van der Waals surface area contributed by atoms with Crippen LogP contribution in [0.3, 0.4) is 0 Å². The molecule has 0 aliphatic rings. The minimum atomic E-state index is -1.04. The van der Waals surface area contributed by atoms with Gasteiger partial charge < -0.3 is 18.9 Å². The topological polar surface area (TPSA) is 112 Å². The molecule has 0 aliphatic heterocycles. The molecule has 12 heteroatoms. The van der Waals surface area contributed by atoms with Gasteiger partial charge in [0.25, 0.3) is 11.8 Å². The van der Waals surface area contributed by atoms with Gasteiger partial charge in [0.1, 0.15) is 28.7 Å². The third-order valence-corrected chi connectivity index (χ3v) is 9.00. The largest absolute Gasteiger partial charge is 0.496 e. The highest BCUT2D eigenvalue weighted by molar-refractivity contribution is 8.76. The number of esters is 1. The van der Waals surface area contributed by atoms with E-state index in [0.29, 0.717) is 6.42 Å². The van der Waals surface area contributed by atoms with Gasteiger partial charge in [0.2, 0.25) is 0 Å². The van der Waals surface area contributed by atoms with Gasteiger partial charge in [-0.2, -0.15) is 0 Å². The average molecular weight is 705 g/mol. The third kappa shape index (κ3) is 12.3. The molecule has 2 aromatic carbocycles. The Bertz CT molecular complexity index is 1400. The molecule has 0 radical (unpaired) electrons. The number of hydrogen-bond acceptors (Lipinski definition) is 10. The average Bonchev–Trinajstić information content (AvgIpc) is 2.98. The van der Waals surface area contributed by atoms with Gasteiger partial charge in [0, 0.05) is 22.4 Å². The fourth-order valence-corrected chi connectivity index (χ4v) is 6.66. The van der Waals surface area contributed by atoms with E-state index in [1.165, 1.54) is 41.5 Å². The van der Waals surface area contributed by atoms with E-state index >= 15 is 0 Å². The van der Waals surface area contributed by atoms with Crippen LogP contribution in [0.15, 0.2) is 47.4 Å². The standard InChI is InChI=1S/C36H52N2O8S2/c1-23(2)20-21-37(34(42)46-36(8,9)10)31(39)29-27(43-11)18-19-28(44-12)30(29)32(40)38(48-47-25-16-14-13-15-17-25)26(22-24(3)4)33(41)45-35(5,6)7/h13-19,23-24,26H,20-22H2,1-12H3. The number of rotatable bonds is 14. The van der Waals surface area contributed by atoms with Crippen LogP contribution in [-0.2, 0) is 14.3 Å². The summed E-state index contributed by atoms with van der Waals surface area (Å²) in [4.78, 5) is 58.7. The second kappa shape index (κ2) is 17.9. The van der Waals surface area contributed by atoms with Crippen LogP contribution in [0, 0.1) is 11.8 Å². The lowest BCUT2D eigenvalue weighted by Gasteiger charge is -2.33. The van der Waals surface area contributed by atoms with Crippen molar-refractivity contribution in [2.45, 2.75) is 104 Å². The molecule has 0 heterocycles. The lowest BCUT2D eigenvalue weighted by atomic mass is 9.99.